The van der Waals surface area contributed by atoms with E-state index in [-0.39, 0.29) is 26.1 Å². The summed E-state index contributed by atoms with van der Waals surface area (Å²) in [5, 5.41) is 0. The molecule has 0 aliphatic heterocycles. The molecule has 1 unspecified atom stereocenters. The van der Waals surface area contributed by atoms with Gasteiger partial charge in [0.15, 0.2) is 6.10 Å². The van der Waals surface area contributed by atoms with Crippen LogP contribution >= 0.6 is 7.82 Å². The normalized spacial score (nSPS) is 14.2. The maximum atomic E-state index is 12.7. The molecule has 0 aromatic heterocycles. The number of hydrogen-bond acceptors (Lipinski definition) is 7. The maximum absolute atomic E-state index is 12.7. The van der Waals surface area contributed by atoms with Crippen LogP contribution in [0.5, 0.6) is 0 Å². The van der Waals surface area contributed by atoms with Crippen molar-refractivity contribution in [1.29, 1.82) is 0 Å². The number of ether oxygens (including phenoxy) is 2. The van der Waals surface area contributed by atoms with Crippen molar-refractivity contribution in [3.05, 3.63) is 60.8 Å². The fourth-order valence-electron chi connectivity index (χ4n) is 5.53. The van der Waals surface area contributed by atoms with Gasteiger partial charge < -0.3 is 18.9 Å². The summed E-state index contributed by atoms with van der Waals surface area (Å²) in [6, 6.07) is 0. The molecule has 0 aliphatic rings. The molecule has 0 aromatic carbocycles. The molecule has 0 rings (SSSR count). The summed E-state index contributed by atoms with van der Waals surface area (Å²) in [7, 11) is 1.44. The maximum Gasteiger partial charge on any atom is 0.472 e. The number of phosphoric acid groups is 1. The average Bonchev–Trinajstić information content (AvgIpc) is 3.15. The molecule has 56 heavy (non-hydrogen) atoms. The zero-order valence-electron chi connectivity index (χ0n) is 36.3. The van der Waals surface area contributed by atoms with Gasteiger partial charge in [0, 0.05) is 12.8 Å². The Kier molecular flexibility index (Phi) is 36.7. The van der Waals surface area contributed by atoms with Crippen molar-refractivity contribution in [1.82, 2.24) is 0 Å². The van der Waals surface area contributed by atoms with E-state index < -0.39 is 32.5 Å². The minimum atomic E-state index is -4.39. The van der Waals surface area contributed by atoms with Crippen molar-refractivity contribution in [3.8, 4) is 0 Å². The molecule has 0 radical (unpaired) electrons. The van der Waals surface area contributed by atoms with Gasteiger partial charge in [0.1, 0.15) is 19.8 Å². The molecule has 0 heterocycles. The van der Waals surface area contributed by atoms with Crippen molar-refractivity contribution < 1.29 is 42.1 Å². The third-order valence-corrected chi connectivity index (χ3v) is 10.0. The predicted octanol–water partition coefficient (Wildman–Crippen LogP) is 12.5. The lowest BCUT2D eigenvalue weighted by Crippen LogP contribution is -2.37. The van der Waals surface area contributed by atoms with E-state index in [9.17, 15) is 19.0 Å². The van der Waals surface area contributed by atoms with Gasteiger partial charge in [0.2, 0.25) is 0 Å². The van der Waals surface area contributed by atoms with E-state index in [1.165, 1.54) is 77.0 Å². The van der Waals surface area contributed by atoms with Crippen LogP contribution in [0.2, 0.25) is 0 Å². The van der Waals surface area contributed by atoms with Crippen LogP contribution < -0.4 is 0 Å². The van der Waals surface area contributed by atoms with Gasteiger partial charge in [-0.15, -0.1) is 0 Å². The quantitative estimate of drug-likeness (QED) is 0.0215. The molecule has 0 bridgehead atoms. The molecule has 0 amide bonds. The second-order valence-electron chi connectivity index (χ2n) is 15.7. The summed E-state index contributed by atoms with van der Waals surface area (Å²) in [6.45, 7) is 4.30. The summed E-state index contributed by atoms with van der Waals surface area (Å²) >= 11 is 0. The molecule has 0 saturated carbocycles. The second kappa shape index (κ2) is 38.2. The number of esters is 2. The highest BCUT2D eigenvalue weighted by Gasteiger charge is 2.27. The summed E-state index contributed by atoms with van der Waals surface area (Å²) in [6.07, 6.45) is 45.6. The van der Waals surface area contributed by atoms with Crippen LogP contribution in [-0.4, -0.2) is 74.9 Å². The number of hydrogen-bond donors (Lipinski definition) is 1. The summed E-state index contributed by atoms with van der Waals surface area (Å²) in [5.41, 5.74) is 0. The lowest BCUT2D eigenvalue weighted by molar-refractivity contribution is -0.870. The summed E-state index contributed by atoms with van der Waals surface area (Å²) < 4.78 is 34.2. The van der Waals surface area contributed by atoms with E-state index in [4.69, 9.17) is 18.5 Å². The zero-order valence-corrected chi connectivity index (χ0v) is 37.2. The smallest absolute Gasteiger partial charge is 0.462 e. The Bertz CT molecular complexity index is 1140. The van der Waals surface area contributed by atoms with Crippen LogP contribution in [0.4, 0.5) is 0 Å². The van der Waals surface area contributed by atoms with Crippen LogP contribution in [0.1, 0.15) is 168 Å². The number of likely N-dealkylation sites (N-methyl/N-ethyl adjacent to an activating group) is 1. The molecule has 9 nitrogen and oxygen atoms in total. The van der Waals surface area contributed by atoms with Crippen LogP contribution in [0.15, 0.2) is 60.8 Å². The van der Waals surface area contributed by atoms with Gasteiger partial charge in [-0.2, -0.15) is 0 Å². The molecule has 0 spiro atoms. The first-order chi connectivity index (χ1) is 27.0. The number of phosphoric ester groups is 1. The van der Waals surface area contributed by atoms with Gasteiger partial charge >= 0.3 is 19.8 Å². The largest absolute Gasteiger partial charge is 0.472 e. The Labute approximate surface area is 343 Å². The van der Waals surface area contributed by atoms with Gasteiger partial charge in [-0.25, -0.2) is 4.57 Å². The topological polar surface area (TPSA) is 108 Å². The van der Waals surface area contributed by atoms with Gasteiger partial charge in [0.25, 0.3) is 0 Å². The first kappa shape index (κ1) is 53.7. The number of nitrogens with zero attached hydrogens (tertiary/aromatic N) is 1. The van der Waals surface area contributed by atoms with Gasteiger partial charge in [-0.3, -0.25) is 18.6 Å². The number of quaternary nitrogens is 1. The molecule has 0 fully saturated rings. The highest BCUT2D eigenvalue weighted by Crippen LogP contribution is 2.43. The van der Waals surface area contributed by atoms with E-state index >= 15 is 0 Å². The average molecular weight is 809 g/mol. The molecule has 0 aliphatic carbocycles. The minimum Gasteiger partial charge on any atom is -0.462 e. The highest BCUT2D eigenvalue weighted by molar-refractivity contribution is 7.47. The molecule has 10 heteroatoms. The number of carbonyl (C=O) groups excluding carboxylic acids is 2. The SMILES string of the molecule is CCCCC/C=C/C/C=C/C/C=C/C/C=C/CCCC(=O)OC[C@H](COP(=O)(O)OCC[N+](C)(C)C)OC(=O)CCCCCCCCC/C=C/CCCCCC. The van der Waals surface area contributed by atoms with Gasteiger partial charge in [-0.1, -0.05) is 139 Å². The van der Waals surface area contributed by atoms with Crippen LogP contribution in [0, 0.1) is 0 Å². The Balaban J connectivity index is 4.47. The number of rotatable bonds is 39. The fourth-order valence-corrected chi connectivity index (χ4v) is 6.27. The number of allylic oxidation sites excluding steroid dienone is 10. The lowest BCUT2D eigenvalue weighted by atomic mass is 10.1. The fraction of sp³-hybridized carbons (Fsp3) is 0.739. The monoisotopic (exact) mass is 809 g/mol. The van der Waals surface area contributed by atoms with Crippen molar-refractivity contribution in [2.45, 2.75) is 174 Å². The van der Waals surface area contributed by atoms with Crippen LogP contribution in [0.25, 0.3) is 0 Å². The third-order valence-electron chi connectivity index (χ3n) is 9.02. The van der Waals surface area contributed by atoms with E-state index in [2.05, 4.69) is 74.6 Å². The molecule has 0 aromatic rings. The summed E-state index contributed by atoms with van der Waals surface area (Å²) in [5.74, 6) is -0.873. The molecular weight excluding hydrogens is 725 g/mol. The first-order valence-electron chi connectivity index (χ1n) is 22.0. The number of unbranched alkanes of at least 4 members (excludes halogenated alkanes) is 15. The number of carbonyl (C=O) groups is 2. The highest BCUT2D eigenvalue weighted by atomic mass is 31.2. The lowest BCUT2D eigenvalue weighted by Gasteiger charge is -2.24. The van der Waals surface area contributed by atoms with E-state index in [1.807, 2.05) is 21.1 Å². The Morgan fingerprint density at radius 1 is 0.554 bits per heavy atom. The Hall–Kier alpha value is -2.29. The van der Waals surface area contributed by atoms with Crippen LogP contribution in [0.3, 0.4) is 0 Å². The van der Waals surface area contributed by atoms with Crippen molar-refractivity contribution in [3.63, 3.8) is 0 Å². The van der Waals surface area contributed by atoms with Crippen molar-refractivity contribution in [2.75, 3.05) is 47.5 Å². The van der Waals surface area contributed by atoms with E-state index in [1.54, 1.807) is 0 Å². The van der Waals surface area contributed by atoms with Crippen LogP contribution in [-0.2, 0) is 32.7 Å². The van der Waals surface area contributed by atoms with E-state index in [0.717, 1.165) is 51.4 Å². The van der Waals surface area contributed by atoms with E-state index in [0.29, 0.717) is 23.9 Å². The Morgan fingerprint density at radius 3 is 1.54 bits per heavy atom. The molecule has 324 valence electrons. The summed E-state index contributed by atoms with van der Waals surface area (Å²) in [4.78, 5) is 35.3. The third kappa shape index (κ3) is 41.3. The molecule has 1 N–H and O–H groups in total. The second-order valence-corrected chi connectivity index (χ2v) is 17.2. The molecule has 0 saturated heterocycles. The minimum absolute atomic E-state index is 0.0202. The zero-order chi connectivity index (χ0) is 41.4. The Morgan fingerprint density at radius 2 is 0.982 bits per heavy atom. The van der Waals surface area contributed by atoms with Crippen molar-refractivity contribution >= 4 is 19.8 Å². The van der Waals surface area contributed by atoms with Crippen molar-refractivity contribution in [2.24, 2.45) is 0 Å². The van der Waals surface area contributed by atoms with Gasteiger partial charge in [-0.05, 0) is 77.0 Å². The molecular formula is C46H83NO8P+. The van der Waals surface area contributed by atoms with Gasteiger partial charge in [0.05, 0.1) is 27.7 Å². The molecule has 2 atom stereocenters. The first-order valence-corrected chi connectivity index (χ1v) is 23.5. The standard InChI is InChI=1S/C46H82NO8P/c1-6-8-10-12-14-16-18-20-22-23-25-26-28-30-32-34-36-38-45(48)52-42-44(43-54-56(50,51)53-41-40-47(3,4)5)55-46(49)39-37-35-33-31-29-27-24-21-19-17-15-13-11-9-7-2/h14,16-17,19-20,22,25-26,30,32,44H,6-13,15,18,21,23-24,27-29,31,33-43H2,1-5H3/p+1/b16-14+,19-17+,22-20+,26-25+,32-30+/t44-/m1/s1. The predicted molar refractivity (Wildman–Crippen MR) is 233 cm³/mol.